The summed E-state index contributed by atoms with van der Waals surface area (Å²) in [6, 6.07) is 50.3. The van der Waals surface area contributed by atoms with Crippen LogP contribution in [0.1, 0.15) is 0 Å². The zero-order valence-corrected chi connectivity index (χ0v) is 24.6. The van der Waals surface area contributed by atoms with E-state index >= 15 is 0 Å². The number of benzene rings is 7. The maximum Gasteiger partial charge on any atom is 0.160 e. The number of nitrogens with zero attached hydrogens (tertiary/aromatic N) is 2. The van der Waals surface area contributed by atoms with Gasteiger partial charge in [-0.2, -0.15) is 0 Å². The van der Waals surface area contributed by atoms with Crippen molar-refractivity contribution in [3.63, 3.8) is 0 Å². The smallest absolute Gasteiger partial charge is 0.160 e. The first-order valence-electron chi connectivity index (χ1n) is 15.4. The molecular weight excluding hydrogens is 564 g/mol. The Morgan fingerprint density at radius 1 is 0.413 bits per heavy atom. The van der Waals surface area contributed by atoms with Gasteiger partial charge in [0.15, 0.2) is 5.82 Å². The second kappa shape index (κ2) is 9.62. The number of hydrogen-bond donors (Lipinski definition) is 0. The lowest BCUT2D eigenvalue weighted by Gasteiger charge is -2.12. The Kier molecular flexibility index (Phi) is 5.25. The van der Waals surface area contributed by atoms with Crippen molar-refractivity contribution in [2.45, 2.75) is 0 Å². The molecule has 0 N–H and O–H groups in total. The van der Waals surface area contributed by atoms with Crippen LogP contribution in [0.3, 0.4) is 0 Å². The molecule has 10 aromatic rings. The molecule has 0 fully saturated rings. The van der Waals surface area contributed by atoms with E-state index in [1.807, 2.05) is 48.5 Å². The van der Waals surface area contributed by atoms with Gasteiger partial charge in [0.1, 0.15) is 22.3 Å². The van der Waals surface area contributed by atoms with E-state index in [0.29, 0.717) is 5.82 Å². The summed E-state index contributed by atoms with van der Waals surface area (Å²) < 4.78 is 12.7. The van der Waals surface area contributed by atoms with Crippen LogP contribution >= 0.6 is 0 Å². The summed E-state index contributed by atoms with van der Waals surface area (Å²) in [7, 11) is 0. The summed E-state index contributed by atoms with van der Waals surface area (Å²) in [6.07, 6.45) is 0. The second-order valence-electron chi connectivity index (χ2n) is 11.7. The van der Waals surface area contributed by atoms with Gasteiger partial charge < -0.3 is 8.83 Å². The van der Waals surface area contributed by atoms with Gasteiger partial charge in [-0.3, -0.25) is 0 Å². The highest BCUT2D eigenvalue weighted by molar-refractivity contribution is 6.19. The van der Waals surface area contributed by atoms with E-state index in [2.05, 4.69) is 97.1 Å². The fourth-order valence-corrected chi connectivity index (χ4v) is 6.92. The Balaban J connectivity index is 1.17. The minimum Gasteiger partial charge on any atom is -0.456 e. The molecule has 0 spiro atoms. The lowest BCUT2D eigenvalue weighted by Crippen LogP contribution is -1.95. The van der Waals surface area contributed by atoms with Crippen LogP contribution < -0.4 is 0 Å². The Hall–Kier alpha value is -6.26. The van der Waals surface area contributed by atoms with E-state index in [9.17, 15) is 0 Å². The molecule has 0 saturated carbocycles. The summed E-state index contributed by atoms with van der Waals surface area (Å²) in [5.41, 5.74) is 9.46. The number of fused-ring (bicyclic) bond motifs is 9. The molecule has 7 aromatic carbocycles. The van der Waals surface area contributed by atoms with Crippen molar-refractivity contribution >= 4 is 65.6 Å². The van der Waals surface area contributed by atoms with Crippen LogP contribution in [0.15, 0.2) is 154 Å². The summed E-state index contributed by atoms with van der Waals surface area (Å²) in [6.45, 7) is 0. The minimum absolute atomic E-state index is 0.663. The lowest BCUT2D eigenvalue weighted by molar-refractivity contribution is 0.669. The highest BCUT2D eigenvalue weighted by Crippen LogP contribution is 2.40. The van der Waals surface area contributed by atoms with E-state index in [1.54, 1.807) is 0 Å². The number of aromatic nitrogens is 2. The van der Waals surface area contributed by atoms with Crippen molar-refractivity contribution in [3.05, 3.63) is 146 Å². The van der Waals surface area contributed by atoms with Crippen LogP contribution in [-0.4, -0.2) is 9.97 Å². The molecule has 0 aliphatic rings. The average molecular weight is 589 g/mol. The summed E-state index contributed by atoms with van der Waals surface area (Å²) in [5, 5.41) is 7.70. The number of rotatable bonds is 3. The Bertz CT molecular complexity index is 2820. The number of hydrogen-bond acceptors (Lipinski definition) is 4. The highest BCUT2D eigenvalue weighted by Gasteiger charge is 2.17. The molecule has 0 amide bonds. The Labute approximate surface area is 263 Å². The van der Waals surface area contributed by atoms with Crippen molar-refractivity contribution in [1.29, 1.82) is 0 Å². The van der Waals surface area contributed by atoms with Crippen molar-refractivity contribution < 1.29 is 8.83 Å². The van der Waals surface area contributed by atoms with E-state index in [0.717, 1.165) is 93.5 Å². The van der Waals surface area contributed by atoms with Crippen LogP contribution in [0, 0.1) is 0 Å². The third-order valence-electron chi connectivity index (χ3n) is 9.07. The lowest BCUT2D eigenvalue weighted by atomic mass is 9.94. The van der Waals surface area contributed by atoms with E-state index in [1.165, 1.54) is 0 Å². The van der Waals surface area contributed by atoms with E-state index < -0.39 is 0 Å². The molecule has 0 aliphatic heterocycles. The summed E-state index contributed by atoms with van der Waals surface area (Å²) in [5.74, 6) is 0.663. The fourth-order valence-electron chi connectivity index (χ4n) is 6.92. The summed E-state index contributed by atoms with van der Waals surface area (Å²) >= 11 is 0. The van der Waals surface area contributed by atoms with Gasteiger partial charge in [-0.15, -0.1) is 0 Å². The molecule has 0 saturated heterocycles. The van der Waals surface area contributed by atoms with Gasteiger partial charge in [0.25, 0.3) is 0 Å². The molecule has 0 bridgehead atoms. The third-order valence-corrected chi connectivity index (χ3v) is 9.07. The van der Waals surface area contributed by atoms with Crippen LogP contribution in [0.4, 0.5) is 0 Å². The standard InChI is InChI=1S/C42H24N2O2/c1-4-16-35-34(14-1)40(44-42(43-35)28-20-21-32-30-12-2-5-17-36(30)45-38(32)24-28)27-11-7-10-26(23-27)29-15-8-9-25-19-22-33-31-13-3-6-18-37(31)46-41(33)39(25)29/h1-24H. The second-order valence-corrected chi connectivity index (χ2v) is 11.7. The van der Waals surface area contributed by atoms with Gasteiger partial charge >= 0.3 is 0 Å². The molecule has 0 atom stereocenters. The van der Waals surface area contributed by atoms with Gasteiger partial charge in [0.2, 0.25) is 0 Å². The van der Waals surface area contributed by atoms with Gasteiger partial charge in [-0.25, -0.2) is 9.97 Å². The monoisotopic (exact) mass is 588 g/mol. The first-order valence-corrected chi connectivity index (χ1v) is 15.4. The first-order chi connectivity index (χ1) is 22.8. The maximum absolute atomic E-state index is 6.49. The van der Waals surface area contributed by atoms with Gasteiger partial charge in [-0.1, -0.05) is 103 Å². The van der Waals surface area contributed by atoms with Gasteiger partial charge in [0.05, 0.1) is 11.2 Å². The minimum atomic E-state index is 0.663. The largest absolute Gasteiger partial charge is 0.456 e. The van der Waals surface area contributed by atoms with E-state index in [-0.39, 0.29) is 0 Å². The van der Waals surface area contributed by atoms with Gasteiger partial charge in [-0.05, 0) is 59.0 Å². The molecule has 0 radical (unpaired) electrons. The van der Waals surface area contributed by atoms with Gasteiger partial charge in [0, 0.05) is 43.4 Å². The topological polar surface area (TPSA) is 52.1 Å². The molecule has 3 aromatic heterocycles. The molecule has 10 rings (SSSR count). The van der Waals surface area contributed by atoms with Crippen LogP contribution in [0.25, 0.3) is 99.3 Å². The average Bonchev–Trinajstić information content (AvgIpc) is 3.69. The van der Waals surface area contributed by atoms with Crippen molar-refractivity contribution in [2.24, 2.45) is 0 Å². The van der Waals surface area contributed by atoms with E-state index in [4.69, 9.17) is 18.8 Å². The molecular formula is C42H24N2O2. The molecule has 4 heteroatoms. The number of furan rings is 2. The highest BCUT2D eigenvalue weighted by atomic mass is 16.3. The Morgan fingerprint density at radius 2 is 1.11 bits per heavy atom. The zero-order valence-electron chi connectivity index (χ0n) is 24.6. The molecule has 0 unspecified atom stereocenters. The predicted octanol–water partition coefficient (Wildman–Crippen LogP) is 11.6. The SMILES string of the molecule is c1cc(-c2nc(-c3ccc4c(c3)oc3ccccc34)nc3ccccc23)cc(-c2cccc3ccc4c5ccccc5oc4c23)c1. The first kappa shape index (κ1) is 25.1. The molecule has 0 aliphatic carbocycles. The van der Waals surface area contributed by atoms with Crippen molar-refractivity contribution in [2.75, 3.05) is 0 Å². The summed E-state index contributed by atoms with van der Waals surface area (Å²) in [4.78, 5) is 10.2. The normalized spacial score (nSPS) is 11.9. The Morgan fingerprint density at radius 3 is 2.00 bits per heavy atom. The third kappa shape index (κ3) is 3.74. The predicted molar refractivity (Wildman–Crippen MR) is 188 cm³/mol. The zero-order chi connectivity index (χ0) is 30.2. The van der Waals surface area contributed by atoms with Crippen LogP contribution in [0.5, 0.6) is 0 Å². The quantitative estimate of drug-likeness (QED) is 0.206. The molecule has 4 nitrogen and oxygen atoms in total. The van der Waals surface area contributed by atoms with Crippen molar-refractivity contribution in [1.82, 2.24) is 9.97 Å². The molecule has 214 valence electrons. The van der Waals surface area contributed by atoms with Crippen LogP contribution in [0.2, 0.25) is 0 Å². The van der Waals surface area contributed by atoms with Crippen molar-refractivity contribution in [3.8, 4) is 33.8 Å². The van der Waals surface area contributed by atoms with Crippen LogP contribution in [-0.2, 0) is 0 Å². The maximum atomic E-state index is 6.49. The molecule has 46 heavy (non-hydrogen) atoms. The fraction of sp³-hybridized carbons (Fsp3) is 0. The molecule has 3 heterocycles. The number of para-hydroxylation sites is 3.